The van der Waals surface area contributed by atoms with Crippen molar-refractivity contribution in [1.82, 2.24) is 14.9 Å². The van der Waals surface area contributed by atoms with Crippen molar-refractivity contribution in [2.75, 3.05) is 6.54 Å². The van der Waals surface area contributed by atoms with Crippen molar-refractivity contribution in [3.63, 3.8) is 0 Å². The van der Waals surface area contributed by atoms with E-state index >= 15 is 0 Å². The molecule has 7 nitrogen and oxygen atoms in total. The summed E-state index contributed by atoms with van der Waals surface area (Å²) in [6.07, 6.45) is 0.988. The zero-order valence-electron chi connectivity index (χ0n) is 11.9. The van der Waals surface area contributed by atoms with Crippen LogP contribution in [0, 0.1) is 16.7 Å². The molecule has 8 heteroatoms. The molecule has 0 saturated heterocycles. The highest BCUT2D eigenvalue weighted by atomic mass is 32.2. The summed E-state index contributed by atoms with van der Waals surface area (Å²) in [5, 5.41) is 14.2. The molecule has 0 spiro atoms. The minimum Gasteiger partial charge on any atom is -0.478 e. The molecular formula is C12H19N3O4S. The Morgan fingerprint density at radius 1 is 1.40 bits per heavy atom. The van der Waals surface area contributed by atoms with Crippen LogP contribution in [0.2, 0.25) is 0 Å². The lowest BCUT2D eigenvalue weighted by Crippen LogP contribution is -2.28. The van der Waals surface area contributed by atoms with E-state index in [1.807, 2.05) is 0 Å². The van der Waals surface area contributed by atoms with Gasteiger partial charge in [0.25, 0.3) is 10.0 Å². The summed E-state index contributed by atoms with van der Waals surface area (Å²) in [6, 6.07) is 0. The minimum atomic E-state index is -3.90. The monoisotopic (exact) mass is 301 g/mol. The van der Waals surface area contributed by atoms with Crippen LogP contribution < -0.4 is 4.72 Å². The first-order valence-corrected chi connectivity index (χ1v) is 7.76. The molecule has 2 rings (SSSR count). The van der Waals surface area contributed by atoms with E-state index in [0.29, 0.717) is 0 Å². The van der Waals surface area contributed by atoms with Gasteiger partial charge >= 0.3 is 5.97 Å². The average Bonchev–Trinajstić information content (AvgIpc) is 2.72. The van der Waals surface area contributed by atoms with Crippen molar-refractivity contribution >= 4 is 16.0 Å². The first-order chi connectivity index (χ1) is 9.02. The third kappa shape index (κ3) is 2.12. The second kappa shape index (κ2) is 4.29. The van der Waals surface area contributed by atoms with Crippen molar-refractivity contribution in [2.24, 2.45) is 16.7 Å². The van der Waals surface area contributed by atoms with Crippen LogP contribution >= 0.6 is 0 Å². The number of aromatic amines is 1. The SMILES string of the molecule is CC1(C)C(CNS(=O)(=O)c2[nH]ncc2C(=O)O)C1(C)C. The molecule has 0 radical (unpaired) electrons. The summed E-state index contributed by atoms with van der Waals surface area (Å²) in [6.45, 7) is 8.63. The number of nitrogens with zero attached hydrogens (tertiary/aromatic N) is 1. The molecule has 1 fully saturated rings. The molecule has 1 heterocycles. The third-order valence-corrected chi connectivity index (χ3v) is 6.30. The van der Waals surface area contributed by atoms with Crippen molar-refractivity contribution in [3.05, 3.63) is 11.8 Å². The van der Waals surface area contributed by atoms with E-state index < -0.39 is 21.0 Å². The number of nitrogens with one attached hydrogen (secondary N) is 2. The molecule has 0 atom stereocenters. The predicted octanol–water partition coefficient (Wildman–Crippen LogP) is 1.07. The Morgan fingerprint density at radius 2 is 1.95 bits per heavy atom. The van der Waals surface area contributed by atoms with E-state index in [-0.39, 0.29) is 28.9 Å². The number of aromatic nitrogens is 2. The zero-order chi connectivity index (χ0) is 15.3. The van der Waals surface area contributed by atoms with Gasteiger partial charge in [-0.1, -0.05) is 27.7 Å². The van der Waals surface area contributed by atoms with Gasteiger partial charge in [0.1, 0.15) is 5.56 Å². The van der Waals surface area contributed by atoms with Crippen molar-refractivity contribution in [3.8, 4) is 0 Å². The van der Waals surface area contributed by atoms with Gasteiger partial charge in [-0.25, -0.2) is 17.9 Å². The molecule has 1 aliphatic carbocycles. The lowest BCUT2D eigenvalue weighted by Gasteiger charge is -2.06. The number of carboxylic acid groups (broad SMARTS) is 1. The Morgan fingerprint density at radius 3 is 2.40 bits per heavy atom. The number of sulfonamides is 1. The number of H-pyrrole nitrogens is 1. The molecule has 0 unspecified atom stereocenters. The lowest BCUT2D eigenvalue weighted by molar-refractivity contribution is 0.0692. The highest BCUT2D eigenvalue weighted by Gasteiger charge is 2.64. The summed E-state index contributed by atoms with van der Waals surface area (Å²) < 4.78 is 26.7. The minimum absolute atomic E-state index is 0.0547. The normalized spacial score (nSPS) is 20.8. The van der Waals surface area contributed by atoms with Gasteiger partial charge in [0.2, 0.25) is 0 Å². The topological polar surface area (TPSA) is 112 Å². The van der Waals surface area contributed by atoms with Crippen LogP contribution in [0.1, 0.15) is 38.1 Å². The zero-order valence-corrected chi connectivity index (χ0v) is 12.7. The molecule has 0 aromatic carbocycles. The summed E-state index contributed by atoms with van der Waals surface area (Å²) in [5.74, 6) is -1.12. The van der Waals surface area contributed by atoms with E-state index in [0.717, 1.165) is 6.20 Å². The van der Waals surface area contributed by atoms with Crippen LogP contribution in [0.15, 0.2) is 11.2 Å². The average molecular weight is 301 g/mol. The number of carbonyl (C=O) groups is 1. The van der Waals surface area contributed by atoms with Gasteiger partial charge < -0.3 is 5.11 Å². The summed E-state index contributed by atoms with van der Waals surface area (Å²) in [7, 11) is -3.90. The Labute approximate surface area is 117 Å². The second-order valence-electron chi connectivity index (χ2n) is 6.27. The van der Waals surface area contributed by atoms with E-state index in [2.05, 4.69) is 42.6 Å². The summed E-state index contributed by atoms with van der Waals surface area (Å²) in [4.78, 5) is 10.9. The van der Waals surface area contributed by atoms with Crippen molar-refractivity contribution in [2.45, 2.75) is 32.7 Å². The van der Waals surface area contributed by atoms with Crippen LogP contribution in [0.4, 0.5) is 0 Å². The standard InChI is InChI=1S/C12H19N3O4S/c1-11(2)8(12(11,3)4)6-14-20(18,19)9-7(10(16)17)5-13-15-9/h5,8,14H,6H2,1-4H3,(H,13,15)(H,16,17). The fraction of sp³-hybridized carbons (Fsp3) is 0.667. The molecule has 1 aliphatic rings. The van der Waals surface area contributed by atoms with Crippen molar-refractivity contribution < 1.29 is 18.3 Å². The molecule has 3 N–H and O–H groups in total. The molecule has 0 amide bonds. The van der Waals surface area contributed by atoms with E-state index in [4.69, 9.17) is 5.11 Å². The molecule has 20 heavy (non-hydrogen) atoms. The number of carboxylic acids is 1. The third-order valence-electron chi connectivity index (χ3n) is 4.90. The predicted molar refractivity (Wildman–Crippen MR) is 71.8 cm³/mol. The van der Waals surface area contributed by atoms with Crippen LogP contribution in [0.5, 0.6) is 0 Å². The summed E-state index contributed by atoms with van der Waals surface area (Å²) >= 11 is 0. The highest BCUT2D eigenvalue weighted by Crippen LogP contribution is 2.67. The summed E-state index contributed by atoms with van der Waals surface area (Å²) in [5.41, 5.74) is -0.245. The van der Waals surface area contributed by atoms with Crippen LogP contribution in [0.3, 0.4) is 0 Å². The first-order valence-electron chi connectivity index (χ1n) is 6.28. The van der Waals surface area contributed by atoms with Crippen LogP contribution in [0.25, 0.3) is 0 Å². The molecule has 1 saturated carbocycles. The number of rotatable bonds is 5. The maximum atomic E-state index is 12.1. The van der Waals surface area contributed by atoms with E-state index in [1.165, 1.54) is 0 Å². The molecular weight excluding hydrogens is 282 g/mol. The van der Waals surface area contributed by atoms with Crippen molar-refractivity contribution in [1.29, 1.82) is 0 Å². The smallest absolute Gasteiger partial charge is 0.340 e. The maximum absolute atomic E-state index is 12.1. The molecule has 0 bridgehead atoms. The van der Waals surface area contributed by atoms with Gasteiger partial charge in [0, 0.05) is 6.54 Å². The lowest BCUT2D eigenvalue weighted by atomic mass is 10.0. The largest absolute Gasteiger partial charge is 0.478 e. The molecule has 1 aromatic heterocycles. The fourth-order valence-electron chi connectivity index (χ4n) is 2.74. The fourth-order valence-corrected chi connectivity index (χ4v) is 3.87. The van der Waals surface area contributed by atoms with Gasteiger partial charge in [0.05, 0.1) is 6.20 Å². The number of aromatic carboxylic acids is 1. The van der Waals surface area contributed by atoms with Crippen LogP contribution in [-0.2, 0) is 10.0 Å². The van der Waals surface area contributed by atoms with Gasteiger partial charge in [-0.05, 0) is 16.7 Å². The van der Waals surface area contributed by atoms with E-state index in [9.17, 15) is 13.2 Å². The maximum Gasteiger partial charge on any atom is 0.340 e. The Bertz CT molecular complexity index is 631. The number of hydrogen-bond acceptors (Lipinski definition) is 4. The number of hydrogen-bond donors (Lipinski definition) is 3. The molecule has 1 aromatic rings. The van der Waals surface area contributed by atoms with Crippen LogP contribution in [-0.4, -0.2) is 36.2 Å². The van der Waals surface area contributed by atoms with Gasteiger partial charge in [0.15, 0.2) is 5.03 Å². The molecule has 0 aliphatic heterocycles. The Kier molecular flexibility index (Phi) is 3.22. The second-order valence-corrected chi connectivity index (χ2v) is 7.97. The Hall–Kier alpha value is -1.41. The molecule has 112 valence electrons. The van der Waals surface area contributed by atoms with E-state index in [1.54, 1.807) is 0 Å². The van der Waals surface area contributed by atoms with Gasteiger partial charge in [-0.3, -0.25) is 5.10 Å². The van der Waals surface area contributed by atoms with Gasteiger partial charge in [-0.2, -0.15) is 5.10 Å². The first kappa shape index (κ1) is 15.0. The highest BCUT2D eigenvalue weighted by molar-refractivity contribution is 7.89. The Balaban J connectivity index is 2.14. The van der Waals surface area contributed by atoms with Gasteiger partial charge in [-0.15, -0.1) is 0 Å². The quantitative estimate of drug-likeness (QED) is 0.753.